The van der Waals surface area contributed by atoms with Gasteiger partial charge in [0, 0.05) is 25.8 Å². The summed E-state index contributed by atoms with van der Waals surface area (Å²) in [6.45, 7) is 7.26. The summed E-state index contributed by atoms with van der Waals surface area (Å²) in [5, 5.41) is 0. The van der Waals surface area contributed by atoms with Gasteiger partial charge in [0.1, 0.15) is 5.76 Å². The van der Waals surface area contributed by atoms with Gasteiger partial charge in [0.2, 0.25) is 0 Å². The van der Waals surface area contributed by atoms with Gasteiger partial charge in [0.25, 0.3) is 5.91 Å². The maximum atomic E-state index is 12.3. The molecule has 0 aliphatic carbocycles. The predicted octanol–water partition coefficient (Wildman–Crippen LogP) is 4.14. The van der Waals surface area contributed by atoms with Crippen LogP contribution in [-0.2, 0) is 4.74 Å². The van der Waals surface area contributed by atoms with Crippen molar-refractivity contribution < 1.29 is 13.9 Å². The van der Waals surface area contributed by atoms with Crippen LogP contribution in [0.1, 0.15) is 43.0 Å². The fraction of sp³-hybridized carbons (Fsp3) is 0.389. The van der Waals surface area contributed by atoms with Gasteiger partial charge in [-0.15, -0.1) is 0 Å². The molecule has 1 heterocycles. The molecular formula is C18H23NO3. The zero-order valence-corrected chi connectivity index (χ0v) is 13.6. The van der Waals surface area contributed by atoms with Gasteiger partial charge in [-0.05, 0) is 44.5 Å². The molecule has 2 aromatic rings. The van der Waals surface area contributed by atoms with Crippen LogP contribution in [0.5, 0.6) is 0 Å². The largest absolute Gasteiger partial charge is 0.451 e. The van der Waals surface area contributed by atoms with Crippen LogP contribution in [0.15, 0.2) is 40.8 Å². The van der Waals surface area contributed by atoms with Crippen LogP contribution in [0.2, 0.25) is 0 Å². The summed E-state index contributed by atoms with van der Waals surface area (Å²) in [4.78, 5) is 14.0. The van der Waals surface area contributed by atoms with E-state index < -0.39 is 0 Å². The van der Waals surface area contributed by atoms with E-state index in [1.54, 1.807) is 18.1 Å². The summed E-state index contributed by atoms with van der Waals surface area (Å²) in [6, 6.07) is 11.6. The molecule has 0 aliphatic rings. The van der Waals surface area contributed by atoms with E-state index in [-0.39, 0.29) is 12.0 Å². The van der Waals surface area contributed by atoms with Crippen LogP contribution in [0.4, 0.5) is 0 Å². The molecule has 0 unspecified atom stereocenters. The zero-order valence-electron chi connectivity index (χ0n) is 13.6. The molecule has 1 atom stereocenters. The lowest BCUT2D eigenvalue weighted by molar-refractivity contribution is 0.0742. The molecular weight excluding hydrogens is 278 g/mol. The summed E-state index contributed by atoms with van der Waals surface area (Å²) in [5.74, 6) is 1.00. The van der Waals surface area contributed by atoms with Crippen LogP contribution >= 0.6 is 0 Å². The Labute approximate surface area is 131 Å². The third kappa shape index (κ3) is 3.39. The molecule has 0 fully saturated rings. The van der Waals surface area contributed by atoms with E-state index >= 15 is 0 Å². The molecule has 0 N–H and O–H groups in total. The molecule has 0 radical (unpaired) electrons. The number of methoxy groups -OCH3 is 1. The van der Waals surface area contributed by atoms with Crippen molar-refractivity contribution in [1.82, 2.24) is 4.90 Å². The maximum absolute atomic E-state index is 12.3. The number of benzene rings is 1. The molecule has 4 nitrogen and oxygen atoms in total. The minimum Gasteiger partial charge on any atom is -0.451 e. The quantitative estimate of drug-likeness (QED) is 0.805. The second kappa shape index (κ2) is 7.27. The van der Waals surface area contributed by atoms with Crippen molar-refractivity contribution in [2.24, 2.45) is 0 Å². The predicted molar refractivity (Wildman–Crippen MR) is 86.8 cm³/mol. The van der Waals surface area contributed by atoms with Gasteiger partial charge in [-0.25, -0.2) is 0 Å². The van der Waals surface area contributed by atoms with E-state index in [4.69, 9.17) is 9.15 Å². The number of carbonyl (C=O) groups is 1. The fourth-order valence-electron chi connectivity index (χ4n) is 2.36. The van der Waals surface area contributed by atoms with Gasteiger partial charge < -0.3 is 14.1 Å². The van der Waals surface area contributed by atoms with Gasteiger partial charge in [-0.1, -0.05) is 18.2 Å². The third-order valence-electron chi connectivity index (χ3n) is 3.86. The van der Waals surface area contributed by atoms with Gasteiger partial charge in [0.05, 0.1) is 6.10 Å². The molecule has 0 spiro atoms. The van der Waals surface area contributed by atoms with E-state index in [1.165, 1.54) is 0 Å². The topological polar surface area (TPSA) is 42.7 Å². The Hall–Kier alpha value is -2.07. The number of furan rings is 1. The Bertz CT molecular complexity index is 629. The molecule has 0 aliphatic heterocycles. The van der Waals surface area contributed by atoms with Crippen molar-refractivity contribution in [2.45, 2.75) is 26.9 Å². The second-order valence-electron chi connectivity index (χ2n) is 5.14. The van der Waals surface area contributed by atoms with Crippen molar-refractivity contribution in [1.29, 1.82) is 0 Å². The van der Waals surface area contributed by atoms with Crippen molar-refractivity contribution >= 4 is 5.91 Å². The van der Waals surface area contributed by atoms with E-state index in [1.807, 2.05) is 51.1 Å². The smallest absolute Gasteiger partial charge is 0.289 e. The Balaban J connectivity index is 2.26. The maximum Gasteiger partial charge on any atom is 0.289 e. The Kier molecular flexibility index (Phi) is 5.39. The normalized spacial score (nSPS) is 12.2. The first kappa shape index (κ1) is 16.3. The molecule has 0 saturated carbocycles. The molecule has 4 heteroatoms. The fourth-order valence-corrected chi connectivity index (χ4v) is 2.36. The summed E-state index contributed by atoms with van der Waals surface area (Å²) < 4.78 is 11.1. The number of hydrogen-bond acceptors (Lipinski definition) is 3. The summed E-state index contributed by atoms with van der Waals surface area (Å²) in [5.41, 5.74) is 2.02. The summed E-state index contributed by atoms with van der Waals surface area (Å²) in [6.07, 6.45) is 0.0201. The van der Waals surface area contributed by atoms with Crippen LogP contribution in [0, 0.1) is 0 Å². The molecule has 22 heavy (non-hydrogen) atoms. The summed E-state index contributed by atoms with van der Waals surface area (Å²) in [7, 11) is 1.69. The molecule has 118 valence electrons. The van der Waals surface area contributed by atoms with E-state index in [9.17, 15) is 4.79 Å². The number of rotatable bonds is 6. The van der Waals surface area contributed by atoms with Crippen LogP contribution in [-0.4, -0.2) is 31.0 Å². The zero-order chi connectivity index (χ0) is 16.1. The summed E-state index contributed by atoms with van der Waals surface area (Å²) >= 11 is 0. The van der Waals surface area contributed by atoms with Crippen molar-refractivity contribution in [3.63, 3.8) is 0 Å². The average Bonchev–Trinajstić information content (AvgIpc) is 3.05. The monoisotopic (exact) mass is 301 g/mol. The highest BCUT2D eigenvalue weighted by molar-refractivity contribution is 5.92. The van der Waals surface area contributed by atoms with E-state index in [0.717, 1.165) is 11.1 Å². The second-order valence-corrected chi connectivity index (χ2v) is 5.14. The first-order chi connectivity index (χ1) is 10.6. The first-order valence-corrected chi connectivity index (χ1v) is 7.62. The van der Waals surface area contributed by atoms with Gasteiger partial charge in [0.15, 0.2) is 5.76 Å². The van der Waals surface area contributed by atoms with Gasteiger partial charge >= 0.3 is 0 Å². The van der Waals surface area contributed by atoms with E-state index in [0.29, 0.717) is 24.6 Å². The average molecular weight is 301 g/mol. The van der Waals surface area contributed by atoms with E-state index in [2.05, 4.69) is 0 Å². The highest BCUT2D eigenvalue weighted by atomic mass is 16.5. The lowest BCUT2D eigenvalue weighted by Crippen LogP contribution is -2.30. The van der Waals surface area contributed by atoms with Crippen molar-refractivity contribution in [3.8, 4) is 11.3 Å². The van der Waals surface area contributed by atoms with Crippen molar-refractivity contribution in [2.75, 3.05) is 20.2 Å². The highest BCUT2D eigenvalue weighted by Gasteiger charge is 2.17. The number of ether oxygens (including phenoxy) is 1. The SMILES string of the molecule is CCN(CC)C(=O)c1ccc(-c2cccc([C@H](C)OC)c2)o1. The molecule has 0 saturated heterocycles. The molecule has 2 rings (SSSR count). The Morgan fingerprint density at radius 2 is 1.95 bits per heavy atom. The molecule has 1 aromatic heterocycles. The van der Waals surface area contributed by atoms with Crippen LogP contribution in [0.25, 0.3) is 11.3 Å². The lowest BCUT2D eigenvalue weighted by Gasteiger charge is -2.16. The third-order valence-corrected chi connectivity index (χ3v) is 3.86. The number of carbonyl (C=O) groups excluding carboxylic acids is 1. The Morgan fingerprint density at radius 1 is 1.23 bits per heavy atom. The highest BCUT2D eigenvalue weighted by Crippen LogP contribution is 2.26. The van der Waals surface area contributed by atoms with Crippen LogP contribution < -0.4 is 0 Å². The number of nitrogens with zero attached hydrogens (tertiary/aromatic N) is 1. The first-order valence-electron chi connectivity index (χ1n) is 7.62. The van der Waals surface area contributed by atoms with Crippen molar-refractivity contribution in [3.05, 3.63) is 47.7 Å². The number of amides is 1. The minimum atomic E-state index is -0.0716. The molecule has 1 aromatic carbocycles. The van der Waals surface area contributed by atoms with Gasteiger partial charge in [-0.2, -0.15) is 0 Å². The van der Waals surface area contributed by atoms with Gasteiger partial charge in [-0.3, -0.25) is 4.79 Å². The molecule has 0 bridgehead atoms. The molecule has 1 amide bonds. The standard InChI is InChI=1S/C18H23NO3/c1-5-19(6-2)18(20)17-11-10-16(22-17)15-9-7-8-14(12-15)13(3)21-4/h7-13H,5-6H2,1-4H3/t13-/m0/s1. The number of hydrogen-bond donors (Lipinski definition) is 0. The lowest BCUT2D eigenvalue weighted by atomic mass is 10.1. The minimum absolute atomic E-state index is 0.0201. The Morgan fingerprint density at radius 3 is 2.59 bits per heavy atom. The van der Waals surface area contributed by atoms with Crippen LogP contribution in [0.3, 0.4) is 0 Å².